The first kappa shape index (κ1) is 13.5. The van der Waals surface area contributed by atoms with Crippen molar-refractivity contribution in [3.63, 3.8) is 0 Å². The molecule has 0 aliphatic heterocycles. The molecule has 0 aromatic rings. The molecule has 1 fully saturated rings. The van der Waals surface area contributed by atoms with E-state index in [-0.39, 0.29) is 5.91 Å². The highest BCUT2D eigenvalue weighted by molar-refractivity contribution is 5.84. The largest absolute Gasteiger partial charge is 0.368 e. The van der Waals surface area contributed by atoms with Crippen molar-refractivity contribution >= 4 is 5.91 Å². The van der Waals surface area contributed by atoms with Gasteiger partial charge in [0.25, 0.3) is 0 Å². The summed E-state index contributed by atoms with van der Waals surface area (Å²) in [5.74, 6) is -0.346. The van der Waals surface area contributed by atoms with Gasteiger partial charge in [0.1, 0.15) is 0 Å². The Hall–Kier alpha value is -0.610. The normalized spacial score (nSPS) is 30.6. The molecule has 1 amide bonds. The van der Waals surface area contributed by atoms with E-state index in [9.17, 15) is 4.79 Å². The molecule has 0 aromatic heterocycles. The second-order valence-electron chi connectivity index (χ2n) is 5.10. The van der Waals surface area contributed by atoms with Crippen LogP contribution in [0.1, 0.15) is 45.4 Å². The summed E-state index contributed by atoms with van der Waals surface area (Å²) < 4.78 is 0. The van der Waals surface area contributed by atoms with Crippen LogP contribution in [0, 0.1) is 0 Å². The Morgan fingerprint density at radius 2 is 2.25 bits per heavy atom. The van der Waals surface area contributed by atoms with Gasteiger partial charge >= 0.3 is 0 Å². The molecule has 0 saturated heterocycles. The fourth-order valence-corrected chi connectivity index (χ4v) is 2.47. The summed E-state index contributed by atoms with van der Waals surface area (Å²) in [4.78, 5) is 13.7. The zero-order chi connectivity index (χ0) is 12.2. The van der Waals surface area contributed by atoms with Crippen LogP contribution in [0.25, 0.3) is 0 Å². The molecule has 2 unspecified atom stereocenters. The zero-order valence-electron chi connectivity index (χ0n) is 10.5. The van der Waals surface area contributed by atoms with Crippen molar-refractivity contribution in [1.82, 2.24) is 4.90 Å². The van der Waals surface area contributed by atoms with Crippen molar-refractivity contribution in [2.24, 2.45) is 11.5 Å². The molecule has 0 heterocycles. The summed E-state index contributed by atoms with van der Waals surface area (Å²) in [7, 11) is 2.12. The highest BCUT2D eigenvalue weighted by atomic mass is 16.1. The predicted octanol–water partition coefficient (Wildman–Crippen LogP) is 0.844. The quantitative estimate of drug-likeness (QED) is 0.731. The van der Waals surface area contributed by atoms with E-state index in [1.165, 1.54) is 12.8 Å². The Kier molecular flexibility index (Phi) is 4.74. The SMILES string of the molecule is CCCCN(C)C1CCCC(N)(C(N)=O)C1. The number of rotatable bonds is 5. The average Bonchev–Trinajstić information content (AvgIpc) is 2.25. The molecular weight excluding hydrogens is 202 g/mol. The Labute approximate surface area is 98.3 Å². The standard InChI is InChI=1S/C12H25N3O/c1-3-4-8-15(2)10-6-5-7-12(14,9-10)11(13)16/h10H,3-9,14H2,1-2H3,(H2,13,16). The smallest absolute Gasteiger partial charge is 0.237 e. The number of carbonyl (C=O) groups excluding carboxylic acids is 1. The number of hydrogen-bond donors (Lipinski definition) is 2. The van der Waals surface area contributed by atoms with Gasteiger partial charge in [-0.15, -0.1) is 0 Å². The van der Waals surface area contributed by atoms with Crippen LogP contribution in [-0.2, 0) is 4.79 Å². The van der Waals surface area contributed by atoms with Gasteiger partial charge in [0.05, 0.1) is 5.54 Å². The van der Waals surface area contributed by atoms with Crippen molar-refractivity contribution < 1.29 is 4.79 Å². The Bertz CT molecular complexity index is 244. The fourth-order valence-electron chi connectivity index (χ4n) is 2.47. The highest BCUT2D eigenvalue weighted by Crippen LogP contribution is 2.28. The van der Waals surface area contributed by atoms with Gasteiger partial charge in [0, 0.05) is 6.04 Å². The molecule has 0 radical (unpaired) electrons. The predicted molar refractivity (Wildman–Crippen MR) is 65.9 cm³/mol. The molecule has 1 aliphatic rings. The van der Waals surface area contributed by atoms with Gasteiger partial charge in [-0.25, -0.2) is 0 Å². The number of hydrogen-bond acceptors (Lipinski definition) is 3. The van der Waals surface area contributed by atoms with Gasteiger partial charge in [-0.3, -0.25) is 4.79 Å². The van der Waals surface area contributed by atoms with Crippen LogP contribution in [0.5, 0.6) is 0 Å². The summed E-state index contributed by atoms with van der Waals surface area (Å²) in [5, 5.41) is 0. The lowest BCUT2D eigenvalue weighted by molar-refractivity contribution is -0.125. The van der Waals surface area contributed by atoms with E-state index < -0.39 is 5.54 Å². The Morgan fingerprint density at radius 1 is 1.56 bits per heavy atom. The number of nitrogens with two attached hydrogens (primary N) is 2. The monoisotopic (exact) mass is 227 g/mol. The molecule has 2 atom stereocenters. The van der Waals surface area contributed by atoms with Gasteiger partial charge in [0.15, 0.2) is 0 Å². The van der Waals surface area contributed by atoms with Crippen molar-refractivity contribution in [3.05, 3.63) is 0 Å². The lowest BCUT2D eigenvalue weighted by atomic mass is 9.78. The fraction of sp³-hybridized carbons (Fsp3) is 0.917. The lowest BCUT2D eigenvalue weighted by Gasteiger charge is -2.39. The minimum absolute atomic E-state index is 0.346. The second kappa shape index (κ2) is 5.64. The summed E-state index contributed by atoms with van der Waals surface area (Å²) in [5.41, 5.74) is 10.7. The van der Waals surface area contributed by atoms with E-state index in [2.05, 4.69) is 18.9 Å². The minimum atomic E-state index is -0.774. The summed E-state index contributed by atoms with van der Waals surface area (Å²) in [6, 6.07) is 0.415. The Morgan fingerprint density at radius 3 is 2.81 bits per heavy atom. The summed E-state index contributed by atoms with van der Waals surface area (Å²) in [6.07, 6.45) is 5.97. The maximum Gasteiger partial charge on any atom is 0.237 e. The van der Waals surface area contributed by atoms with Gasteiger partial charge in [-0.1, -0.05) is 13.3 Å². The first-order chi connectivity index (χ1) is 7.49. The molecular formula is C12H25N3O. The van der Waals surface area contributed by atoms with E-state index in [1.807, 2.05) is 0 Å². The highest BCUT2D eigenvalue weighted by Gasteiger charge is 2.38. The molecule has 4 N–H and O–H groups in total. The second-order valence-corrected chi connectivity index (χ2v) is 5.10. The third-order valence-corrected chi connectivity index (χ3v) is 3.74. The molecule has 4 nitrogen and oxygen atoms in total. The van der Waals surface area contributed by atoms with Crippen molar-refractivity contribution in [1.29, 1.82) is 0 Å². The van der Waals surface area contributed by atoms with E-state index in [0.29, 0.717) is 12.5 Å². The van der Waals surface area contributed by atoms with Gasteiger partial charge in [0.2, 0.25) is 5.91 Å². The molecule has 0 spiro atoms. The first-order valence-corrected chi connectivity index (χ1v) is 6.28. The lowest BCUT2D eigenvalue weighted by Crippen LogP contribution is -2.57. The third kappa shape index (κ3) is 3.19. The van der Waals surface area contributed by atoms with Gasteiger partial charge < -0.3 is 16.4 Å². The summed E-state index contributed by atoms with van der Waals surface area (Å²) >= 11 is 0. The number of nitrogens with zero attached hydrogens (tertiary/aromatic N) is 1. The first-order valence-electron chi connectivity index (χ1n) is 6.28. The van der Waals surface area contributed by atoms with Crippen LogP contribution < -0.4 is 11.5 Å². The number of amides is 1. The maximum absolute atomic E-state index is 11.3. The molecule has 0 aromatic carbocycles. The molecule has 94 valence electrons. The molecule has 1 saturated carbocycles. The van der Waals surface area contributed by atoms with Crippen LogP contribution in [0.2, 0.25) is 0 Å². The molecule has 1 aliphatic carbocycles. The maximum atomic E-state index is 11.3. The molecule has 0 bridgehead atoms. The van der Waals surface area contributed by atoms with E-state index in [4.69, 9.17) is 11.5 Å². The van der Waals surface area contributed by atoms with E-state index >= 15 is 0 Å². The molecule has 16 heavy (non-hydrogen) atoms. The van der Waals surface area contributed by atoms with Crippen LogP contribution in [-0.4, -0.2) is 36.0 Å². The number of unbranched alkanes of at least 4 members (excludes halogenated alkanes) is 1. The van der Waals surface area contributed by atoms with E-state index in [1.54, 1.807) is 0 Å². The van der Waals surface area contributed by atoms with Crippen molar-refractivity contribution in [2.45, 2.75) is 57.0 Å². The van der Waals surface area contributed by atoms with Crippen LogP contribution >= 0.6 is 0 Å². The Balaban J connectivity index is 2.53. The van der Waals surface area contributed by atoms with Gasteiger partial charge in [-0.2, -0.15) is 0 Å². The number of primary amides is 1. The van der Waals surface area contributed by atoms with Crippen LogP contribution in [0.4, 0.5) is 0 Å². The minimum Gasteiger partial charge on any atom is -0.368 e. The topological polar surface area (TPSA) is 72.3 Å². The number of carbonyl (C=O) groups is 1. The molecule has 4 heteroatoms. The average molecular weight is 227 g/mol. The van der Waals surface area contributed by atoms with Gasteiger partial charge in [-0.05, 0) is 45.7 Å². The van der Waals surface area contributed by atoms with E-state index in [0.717, 1.165) is 25.8 Å². The van der Waals surface area contributed by atoms with Crippen molar-refractivity contribution in [2.75, 3.05) is 13.6 Å². The summed E-state index contributed by atoms with van der Waals surface area (Å²) in [6.45, 7) is 3.27. The zero-order valence-corrected chi connectivity index (χ0v) is 10.5. The third-order valence-electron chi connectivity index (χ3n) is 3.74. The van der Waals surface area contributed by atoms with Crippen LogP contribution in [0.15, 0.2) is 0 Å². The molecule has 1 rings (SSSR count). The van der Waals surface area contributed by atoms with Crippen molar-refractivity contribution in [3.8, 4) is 0 Å². The van der Waals surface area contributed by atoms with Crippen LogP contribution in [0.3, 0.4) is 0 Å².